The van der Waals surface area contributed by atoms with Crippen LogP contribution in [0.3, 0.4) is 0 Å². The lowest BCUT2D eigenvalue weighted by Gasteiger charge is -2.34. The van der Waals surface area contributed by atoms with Crippen molar-refractivity contribution >= 4 is 34.8 Å². The minimum Gasteiger partial charge on any atom is -0.325 e. The van der Waals surface area contributed by atoms with Crippen LogP contribution in [0.4, 0.5) is 5.69 Å². The number of rotatable bonds is 7. The molecule has 156 valence electrons. The maximum absolute atomic E-state index is 12.3. The first-order valence-corrected chi connectivity index (χ1v) is 10.6. The van der Waals surface area contributed by atoms with Gasteiger partial charge in [-0.3, -0.25) is 14.6 Å². The second-order valence-corrected chi connectivity index (χ2v) is 7.91. The Morgan fingerprint density at radius 2 is 1.53 bits per heavy atom. The number of fused-ring (bicyclic) bond motifs is 1. The topological polar surface area (TPSA) is 45.4 Å². The van der Waals surface area contributed by atoms with Crippen molar-refractivity contribution < 1.29 is 4.79 Å². The summed E-state index contributed by atoms with van der Waals surface area (Å²) in [5, 5.41) is 2.96. The van der Waals surface area contributed by atoms with Gasteiger partial charge in [0.2, 0.25) is 5.91 Å². The summed E-state index contributed by atoms with van der Waals surface area (Å²) < 4.78 is 5.15. The van der Waals surface area contributed by atoms with Crippen LogP contribution in [0.1, 0.15) is 0 Å². The van der Waals surface area contributed by atoms with E-state index >= 15 is 0 Å². The van der Waals surface area contributed by atoms with Gasteiger partial charge in [-0.1, -0.05) is 36.4 Å². The highest BCUT2D eigenvalue weighted by molar-refractivity contribution is 7.71. The first-order valence-electron chi connectivity index (χ1n) is 10.2. The fraction of sp³-hybridized carbons (Fsp3) is 0.304. The molecule has 1 fully saturated rings. The van der Waals surface area contributed by atoms with Crippen LogP contribution >= 0.6 is 12.2 Å². The fourth-order valence-corrected chi connectivity index (χ4v) is 4.26. The van der Waals surface area contributed by atoms with Crippen molar-refractivity contribution in [3.05, 3.63) is 72.0 Å². The lowest BCUT2D eigenvalue weighted by molar-refractivity contribution is -0.117. The van der Waals surface area contributed by atoms with E-state index in [1.807, 2.05) is 42.5 Å². The lowest BCUT2D eigenvalue weighted by Crippen LogP contribution is -2.48. The smallest absolute Gasteiger partial charge is 0.238 e. The molecule has 0 bridgehead atoms. The standard InChI is InChI=1S/C23H27N5OS/c1-2-12-27-20-10-6-7-11-21(20)28(23(27)30)18-26-15-13-25(14-16-26)17-22(29)24-19-8-4-3-5-9-19/h2-11H,1,12-18H2,(H,24,29). The van der Waals surface area contributed by atoms with Gasteiger partial charge in [-0.25, -0.2) is 0 Å². The molecular weight excluding hydrogens is 394 g/mol. The summed E-state index contributed by atoms with van der Waals surface area (Å²) >= 11 is 5.76. The normalized spacial score (nSPS) is 15.3. The molecule has 2 aromatic carbocycles. The number of anilines is 1. The summed E-state index contributed by atoms with van der Waals surface area (Å²) in [6.07, 6.45) is 1.88. The maximum Gasteiger partial charge on any atom is 0.238 e. The SMILES string of the molecule is C=CCn1c(=S)n(CN2CCN(CC(=O)Nc3ccccc3)CC2)c2ccccc21. The predicted molar refractivity (Wildman–Crippen MR) is 124 cm³/mol. The molecule has 1 aliphatic heterocycles. The van der Waals surface area contributed by atoms with Crippen LogP contribution in [0.2, 0.25) is 0 Å². The third-order valence-corrected chi connectivity index (χ3v) is 5.91. The third kappa shape index (κ3) is 4.53. The zero-order valence-corrected chi connectivity index (χ0v) is 17.9. The van der Waals surface area contributed by atoms with Crippen molar-refractivity contribution in [1.29, 1.82) is 0 Å². The summed E-state index contributed by atoms with van der Waals surface area (Å²) in [6, 6.07) is 17.9. The minimum absolute atomic E-state index is 0.0318. The summed E-state index contributed by atoms with van der Waals surface area (Å²) in [5.41, 5.74) is 3.12. The Morgan fingerprint density at radius 3 is 2.20 bits per heavy atom. The number of aromatic nitrogens is 2. The number of benzene rings is 2. The Labute approximate surface area is 182 Å². The molecule has 0 radical (unpaired) electrons. The molecule has 1 aromatic heterocycles. The molecule has 3 aromatic rings. The van der Waals surface area contributed by atoms with Gasteiger partial charge in [-0.15, -0.1) is 6.58 Å². The molecule has 0 atom stereocenters. The Hall–Kier alpha value is -2.74. The van der Waals surface area contributed by atoms with Crippen molar-refractivity contribution in [1.82, 2.24) is 18.9 Å². The van der Waals surface area contributed by atoms with Crippen LogP contribution in [0, 0.1) is 4.77 Å². The zero-order chi connectivity index (χ0) is 20.9. The second-order valence-electron chi connectivity index (χ2n) is 7.55. The van der Waals surface area contributed by atoms with Crippen LogP contribution in [0.5, 0.6) is 0 Å². The van der Waals surface area contributed by atoms with Crippen molar-refractivity contribution in [3.8, 4) is 0 Å². The first-order chi connectivity index (χ1) is 14.7. The maximum atomic E-state index is 12.3. The Kier molecular flexibility index (Phi) is 6.42. The average molecular weight is 422 g/mol. The quantitative estimate of drug-likeness (QED) is 0.468. The second kappa shape index (κ2) is 9.38. The summed E-state index contributed by atoms with van der Waals surface area (Å²) in [6.45, 7) is 9.27. The van der Waals surface area contributed by atoms with E-state index in [0.29, 0.717) is 13.1 Å². The molecular formula is C23H27N5OS. The van der Waals surface area contributed by atoms with E-state index in [1.165, 1.54) is 0 Å². The summed E-state index contributed by atoms with van der Waals surface area (Å²) in [5.74, 6) is 0.0318. The molecule has 0 aliphatic carbocycles. The van der Waals surface area contributed by atoms with Gasteiger partial charge in [0, 0.05) is 38.4 Å². The Morgan fingerprint density at radius 1 is 0.933 bits per heavy atom. The Balaban J connectivity index is 1.36. The number of carbonyl (C=O) groups excluding carboxylic acids is 1. The van der Waals surface area contributed by atoms with Gasteiger partial charge in [0.05, 0.1) is 24.2 Å². The van der Waals surface area contributed by atoms with Crippen molar-refractivity contribution in [2.45, 2.75) is 13.2 Å². The first kappa shape index (κ1) is 20.5. The van der Waals surface area contributed by atoms with Crippen LogP contribution < -0.4 is 5.32 Å². The molecule has 2 heterocycles. The molecule has 1 saturated heterocycles. The summed E-state index contributed by atoms with van der Waals surface area (Å²) in [4.78, 5) is 16.9. The summed E-state index contributed by atoms with van der Waals surface area (Å²) in [7, 11) is 0. The molecule has 6 nitrogen and oxygen atoms in total. The third-order valence-electron chi connectivity index (χ3n) is 5.47. The molecule has 0 spiro atoms. The monoisotopic (exact) mass is 421 g/mol. The molecule has 30 heavy (non-hydrogen) atoms. The lowest BCUT2D eigenvalue weighted by atomic mass is 10.3. The number of amides is 1. The van der Waals surface area contributed by atoms with E-state index in [1.54, 1.807) is 0 Å². The minimum atomic E-state index is 0.0318. The number of hydrogen-bond donors (Lipinski definition) is 1. The van der Waals surface area contributed by atoms with Crippen LogP contribution in [0.25, 0.3) is 11.0 Å². The largest absolute Gasteiger partial charge is 0.325 e. The van der Waals surface area contributed by atoms with Gasteiger partial charge in [0.25, 0.3) is 0 Å². The zero-order valence-electron chi connectivity index (χ0n) is 17.0. The molecule has 1 amide bonds. The number of imidazole rings is 1. The molecule has 0 saturated carbocycles. The highest BCUT2D eigenvalue weighted by Crippen LogP contribution is 2.19. The van der Waals surface area contributed by atoms with Gasteiger partial charge in [0.15, 0.2) is 4.77 Å². The molecule has 1 N–H and O–H groups in total. The molecule has 1 aliphatic rings. The Bertz CT molecular complexity index is 1080. The number of nitrogens with one attached hydrogen (secondary N) is 1. The van der Waals surface area contributed by atoms with Gasteiger partial charge < -0.3 is 14.5 Å². The van der Waals surface area contributed by atoms with Gasteiger partial charge in [0.1, 0.15) is 0 Å². The van der Waals surface area contributed by atoms with Crippen molar-refractivity contribution in [2.75, 3.05) is 38.0 Å². The van der Waals surface area contributed by atoms with Gasteiger partial charge >= 0.3 is 0 Å². The van der Waals surface area contributed by atoms with E-state index in [-0.39, 0.29) is 5.91 Å². The average Bonchev–Trinajstić information content (AvgIpc) is 3.02. The number of carbonyl (C=O) groups is 1. The highest BCUT2D eigenvalue weighted by Gasteiger charge is 2.20. The van der Waals surface area contributed by atoms with E-state index in [0.717, 1.165) is 54.3 Å². The highest BCUT2D eigenvalue weighted by atomic mass is 32.1. The number of allylic oxidation sites excluding steroid dienone is 1. The number of nitrogens with zero attached hydrogens (tertiary/aromatic N) is 4. The van der Waals surface area contributed by atoms with Gasteiger partial charge in [-0.05, 0) is 36.5 Å². The van der Waals surface area contributed by atoms with Gasteiger partial charge in [-0.2, -0.15) is 0 Å². The fourth-order valence-electron chi connectivity index (χ4n) is 3.93. The predicted octanol–water partition coefficient (Wildman–Crippen LogP) is 3.57. The number of para-hydroxylation sites is 3. The van der Waals surface area contributed by atoms with E-state index in [2.05, 4.69) is 49.0 Å². The van der Waals surface area contributed by atoms with E-state index in [4.69, 9.17) is 12.2 Å². The molecule has 0 unspecified atom stereocenters. The molecule has 4 rings (SSSR count). The van der Waals surface area contributed by atoms with Crippen molar-refractivity contribution in [2.24, 2.45) is 0 Å². The van der Waals surface area contributed by atoms with E-state index in [9.17, 15) is 4.79 Å². The number of hydrogen-bond acceptors (Lipinski definition) is 4. The van der Waals surface area contributed by atoms with Crippen LogP contribution in [-0.4, -0.2) is 57.6 Å². The van der Waals surface area contributed by atoms with Crippen LogP contribution in [-0.2, 0) is 18.0 Å². The van der Waals surface area contributed by atoms with Crippen LogP contribution in [0.15, 0.2) is 67.3 Å². The van der Waals surface area contributed by atoms with E-state index < -0.39 is 0 Å². The number of piperazine rings is 1. The van der Waals surface area contributed by atoms with Crippen molar-refractivity contribution in [3.63, 3.8) is 0 Å². The molecule has 7 heteroatoms.